The van der Waals surface area contributed by atoms with Gasteiger partial charge in [0.25, 0.3) is 0 Å². The van der Waals surface area contributed by atoms with Crippen molar-refractivity contribution >= 4 is 11.8 Å². The molecule has 1 saturated carbocycles. The predicted molar refractivity (Wildman–Crippen MR) is 52.9 cm³/mol. The highest BCUT2D eigenvalue weighted by molar-refractivity contribution is 5.85. The first-order chi connectivity index (χ1) is 6.23. The zero-order chi connectivity index (χ0) is 11.1. The van der Waals surface area contributed by atoms with E-state index in [0.29, 0.717) is 12.8 Å². The van der Waals surface area contributed by atoms with Crippen LogP contribution in [-0.2, 0) is 9.59 Å². The number of carbonyl (C=O) groups excluding carboxylic acids is 1. The molecule has 0 unspecified atom stereocenters. The van der Waals surface area contributed by atoms with Crippen LogP contribution < -0.4 is 0 Å². The highest BCUT2D eigenvalue weighted by Gasteiger charge is 2.56. The summed E-state index contributed by atoms with van der Waals surface area (Å²) in [5.74, 6) is -1.07. The van der Waals surface area contributed by atoms with E-state index >= 15 is 0 Å². The average Bonchev–Trinajstić information content (AvgIpc) is 2.24. The fourth-order valence-corrected chi connectivity index (χ4v) is 2.56. The van der Waals surface area contributed by atoms with Gasteiger partial charge in [-0.1, -0.05) is 20.8 Å². The summed E-state index contributed by atoms with van der Waals surface area (Å²) in [6, 6.07) is 0. The molecule has 0 aliphatic heterocycles. The third-order valence-corrected chi connectivity index (χ3v) is 4.30. The topological polar surface area (TPSA) is 54.4 Å². The lowest BCUT2D eigenvalue weighted by molar-refractivity contribution is -0.147. The second kappa shape index (κ2) is 3.07. The van der Waals surface area contributed by atoms with Crippen LogP contribution in [0.4, 0.5) is 0 Å². The molecule has 0 aromatic heterocycles. The van der Waals surface area contributed by atoms with Crippen LogP contribution in [0.1, 0.15) is 40.5 Å². The van der Waals surface area contributed by atoms with Crippen LogP contribution in [0.3, 0.4) is 0 Å². The van der Waals surface area contributed by atoms with Gasteiger partial charge in [-0.3, -0.25) is 9.59 Å². The van der Waals surface area contributed by atoms with Crippen molar-refractivity contribution in [3.8, 4) is 0 Å². The molecule has 0 aromatic rings. The van der Waals surface area contributed by atoms with E-state index in [4.69, 9.17) is 5.11 Å². The molecule has 0 radical (unpaired) electrons. The quantitative estimate of drug-likeness (QED) is 0.739. The van der Waals surface area contributed by atoms with E-state index in [1.165, 1.54) is 0 Å². The normalized spacial score (nSPS) is 35.6. The Morgan fingerprint density at radius 2 is 1.79 bits per heavy atom. The largest absolute Gasteiger partial charge is 0.481 e. The fourth-order valence-electron chi connectivity index (χ4n) is 2.56. The van der Waals surface area contributed by atoms with E-state index in [-0.39, 0.29) is 5.78 Å². The summed E-state index contributed by atoms with van der Waals surface area (Å²) < 4.78 is 0. The Labute approximate surface area is 84.5 Å². The van der Waals surface area contributed by atoms with Crippen molar-refractivity contribution in [2.75, 3.05) is 0 Å². The summed E-state index contributed by atoms with van der Waals surface area (Å²) >= 11 is 0. The van der Waals surface area contributed by atoms with Crippen LogP contribution in [0.25, 0.3) is 0 Å². The zero-order valence-electron chi connectivity index (χ0n) is 9.26. The van der Waals surface area contributed by atoms with E-state index in [0.717, 1.165) is 0 Å². The van der Waals surface area contributed by atoms with Crippen molar-refractivity contribution in [3.63, 3.8) is 0 Å². The summed E-state index contributed by atoms with van der Waals surface area (Å²) in [4.78, 5) is 22.6. The number of rotatable bonds is 2. The van der Waals surface area contributed by atoms with Crippen molar-refractivity contribution in [1.29, 1.82) is 0 Å². The first kappa shape index (κ1) is 11.2. The van der Waals surface area contributed by atoms with E-state index < -0.39 is 22.7 Å². The van der Waals surface area contributed by atoms with E-state index in [1.807, 2.05) is 20.8 Å². The van der Waals surface area contributed by atoms with Crippen LogP contribution in [0.5, 0.6) is 0 Å². The number of hydrogen-bond donors (Lipinski definition) is 1. The van der Waals surface area contributed by atoms with Gasteiger partial charge in [0.2, 0.25) is 0 Å². The number of aliphatic carboxylic acids is 1. The molecule has 0 amide bonds. The minimum Gasteiger partial charge on any atom is -0.481 e. The van der Waals surface area contributed by atoms with Gasteiger partial charge in [-0.05, 0) is 25.2 Å². The summed E-state index contributed by atoms with van der Waals surface area (Å²) in [6.45, 7) is 7.23. The monoisotopic (exact) mass is 198 g/mol. The Morgan fingerprint density at radius 3 is 2.00 bits per heavy atom. The molecule has 0 aromatic carbocycles. The maximum atomic E-state index is 11.6. The van der Waals surface area contributed by atoms with Crippen molar-refractivity contribution in [3.05, 3.63) is 0 Å². The van der Waals surface area contributed by atoms with Gasteiger partial charge >= 0.3 is 5.97 Å². The Hall–Kier alpha value is -0.860. The van der Waals surface area contributed by atoms with Gasteiger partial charge in [0.1, 0.15) is 5.78 Å². The predicted octanol–water partition coefficient (Wildman–Crippen LogP) is 2.10. The summed E-state index contributed by atoms with van der Waals surface area (Å²) in [7, 11) is 0. The molecule has 14 heavy (non-hydrogen) atoms. The second-order valence-corrected chi connectivity index (χ2v) is 5.04. The van der Waals surface area contributed by atoms with E-state index in [2.05, 4.69) is 0 Å². The molecule has 0 spiro atoms. The third-order valence-electron chi connectivity index (χ3n) is 4.30. The van der Waals surface area contributed by atoms with Gasteiger partial charge < -0.3 is 5.11 Å². The Bertz CT molecular complexity index is 280. The molecule has 80 valence electrons. The summed E-state index contributed by atoms with van der Waals surface area (Å²) in [5, 5.41) is 9.05. The van der Waals surface area contributed by atoms with Crippen LogP contribution in [0.2, 0.25) is 0 Å². The summed E-state index contributed by atoms with van der Waals surface area (Å²) in [6.07, 6.45) is 1.30. The lowest BCUT2D eigenvalue weighted by Gasteiger charge is -2.38. The minimum absolute atomic E-state index is 0.103. The molecule has 1 fully saturated rings. The van der Waals surface area contributed by atoms with Gasteiger partial charge in [-0.2, -0.15) is 0 Å². The average molecular weight is 198 g/mol. The SMILES string of the molecule is CC(=O)[C@@]1(C)CC[C@@H](C(=O)O)C1(C)C. The zero-order valence-corrected chi connectivity index (χ0v) is 9.26. The van der Waals surface area contributed by atoms with Crippen molar-refractivity contribution in [1.82, 2.24) is 0 Å². The number of Topliss-reactive ketones (excluding diaryl/α,β-unsaturated/α-hetero) is 1. The Balaban J connectivity index is 3.08. The number of carboxylic acids is 1. The lowest BCUT2D eigenvalue weighted by atomic mass is 9.64. The van der Waals surface area contributed by atoms with Crippen molar-refractivity contribution < 1.29 is 14.7 Å². The lowest BCUT2D eigenvalue weighted by Crippen LogP contribution is -2.41. The number of carboxylic acid groups (broad SMARTS) is 1. The molecular weight excluding hydrogens is 180 g/mol. The third kappa shape index (κ3) is 1.26. The van der Waals surface area contributed by atoms with Gasteiger partial charge in [0.05, 0.1) is 5.92 Å². The molecule has 1 rings (SSSR count). The van der Waals surface area contributed by atoms with Crippen LogP contribution in [-0.4, -0.2) is 16.9 Å². The molecule has 1 aliphatic rings. The van der Waals surface area contributed by atoms with E-state index in [9.17, 15) is 9.59 Å². The fraction of sp³-hybridized carbons (Fsp3) is 0.818. The molecule has 3 heteroatoms. The molecule has 3 nitrogen and oxygen atoms in total. The maximum absolute atomic E-state index is 11.6. The highest BCUT2D eigenvalue weighted by atomic mass is 16.4. The standard InChI is InChI=1S/C11H18O3/c1-7(12)11(4)6-5-8(9(13)14)10(11,2)3/h8H,5-6H2,1-4H3,(H,13,14)/t8-,11+/m0/s1. The first-order valence-electron chi connectivity index (χ1n) is 4.97. The second-order valence-electron chi connectivity index (χ2n) is 5.04. The smallest absolute Gasteiger partial charge is 0.307 e. The summed E-state index contributed by atoms with van der Waals surface area (Å²) in [5.41, 5.74) is -0.916. The molecule has 0 bridgehead atoms. The minimum atomic E-state index is -0.778. The first-order valence-corrected chi connectivity index (χ1v) is 4.97. The molecule has 1 N–H and O–H groups in total. The van der Waals surface area contributed by atoms with Gasteiger partial charge in [0.15, 0.2) is 0 Å². The van der Waals surface area contributed by atoms with Crippen LogP contribution >= 0.6 is 0 Å². The van der Waals surface area contributed by atoms with Gasteiger partial charge in [-0.25, -0.2) is 0 Å². The Morgan fingerprint density at radius 1 is 1.29 bits per heavy atom. The molecular formula is C11H18O3. The Kier molecular flexibility index (Phi) is 2.46. The van der Waals surface area contributed by atoms with E-state index in [1.54, 1.807) is 6.92 Å². The number of carbonyl (C=O) groups is 2. The van der Waals surface area contributed by atoms with Crippen LogP contribution in [0, 0.1) is 16.7 Å². The highest BCUT2D eigenvalue weighted by Crippen LogP contribution is 2.56. The van der Waals surface area contributed by atoms with Crippen LogP contribution in [0.15, 0.2) is 0 Å². The van der Waals surface area contributed by atoms with Gasteiger partial charge in [0, 0.05) is 5.41 Å². The number of ketones is 1. The molecule has 1 aliphatic carbocycles. The van der Waals surface area contributed by atoms with Gasteiger partial charge in [-0.15, -0.1) is 0 Å². The van der Waals surface area contributed by atoms with Crippen molar-refractivity contribution in [2.24, 2.45) is 16.7 Å². The number of hydrogen-bond acceptors (Lipinski definition) is 2. The molecule has 2 atom stereocenters. The molecule has 0 saturated heterocycles. The maximum Gasteiger partial charge on any atom is 0.307 e. The van der Waals surface area contributed by atoms with Crippen molar-refractivity contribution in [2.45, 2.75) is 40.5 Å². The molecule has 0 heterocycles.